The summed E-state index contributed by atoms with van der Waals surface area (Å²) in [5.41, 5.74) is 1.93. The molecule has 1 aliphatic heterocycles. The number of hydrogen-bond acceptors (Lipinski definition) is 6. The molecule has 1 aromatic heterocycles. The van der Waals surface area contributed by atoms with Gasteiger partial charge in [0.15, 0.2) is 0 Å². The molecule has 0 spiro atoms. The Kier molecular flexibility index (Phi) is 13.4. The summed E-state index contributed by atoms with van der Waals surface area (Å²) >= 11 is 0. The van der Waals surface area contributed by atoms with E-state index < -0.39 is 5.41 Å². The molecule has 2 aromatic carbocycles. The van der Waals surface area contributed by atoms with Crippen molar-refractivity contribution < 1.29 is 28.2 Å². The number of H-pyrrole nitrogens is 1. The standard InChI is InChI=1S/C59H82FN3O5/c1-10-11-19-49(68-53(65)46-34-45(56(46,6)7)52(64)67-36-38-16-13-12-14-17-38)55(4,5)40-26-28-57(8)41(33-40)22-25-44-50-43(37(2)3)27-29-59(50,31-30-58(44,57)9)54(66)63-32-15-18-48(63)51-61-35-47(62-51)39-20-23-42(60)24-21-39/h12-14,16-17,20-21,23-24,35,37,40-41,43-46,48-50H,10-11,15,18-19,22,25-34,36H2,1-9H3,(H,61,62)/t40-,41-,43+,44-,45+,46-,48?,49+,50-,57-,58-,59+/m1/s1. The van der Waals surface area contributed by atoms with Gasteiger partial charge in [0.1, 0.15) is 24.4 Å². The van der Waals surface area contributed by atoms with Crippen molar-refractivity contribution in [3.63, 3.8) is 0 Å². The molecule has 5 aliphatic carbocycles. The Labute approximate surface area is 407 Å². The molecule has 1 amide bonds. The smallest absolute Gasteiger partial charge is 0.309 e. The maximum atomic E-state index is 15.6. The summed E-state index contributed by atoms with van der Waals surface area (Å²) in [4.78, 5) is 53.7. The third kappa shape index (κ3) is 8.27. The van der Waals surface area contributed by atoms with Crippen molar-refractivity contribution in [1.29, 1.82) is 0 Å². The number of rotatable bonds is 14. The van der Waals surface area contributed by atoms with Gasteiger partial charge < -0.3 is 19.4 Å². The van der Waals surface area contributed by atoms with Gasteiger partial charge in [0.25, 0.3) is 0 Å². The van der Waals surface area contributed by atoms with Crippen LogP contribution in [0.15, 0.2) is 60.8 Å². The number of fused-ring (bicyclic) bond motifs is 5. The van der Waals surface area contributed by atoms with Crippen molar-refractivity contribution in [2.75, 3.05) is 6.54 Å². The molecule has 8 nitrogen and oxygen atoms in total. The van der Waals surface area contributed by atoms with E-state index in [9.17, 15) is 14.0 Å². The SMILES string of the molecule is CCCC[C@H](OC(=O)[C@H]1C[C@@H](C(=O)OCc2ccccc2)C1(C)C)C(C)(C)[C@@H]1CC[C@]2(C)[C@H](CC[C@@H]3[C@H]4[C@H](C(C)C)CC[C@]4(C(=O)N4CCCC4c4ncc(-c5ccc(F)cc5)[nH]4)CC[C@]32C)C1. The summed E-state index contributed by atoms with van der Waals surface area (Å²) in [5.74, 6) is 2.84. The summed E-state index contributed by atoms with van der Waals surface area (Å²) < 4.78 is 26.2. The fraction of sp³-hybridized carbons (Fsp3) is 0.695. The minimum absolute atomic E-state index is 0.0727. The molecule has 6 aliphatic rings. The summed E-state index contributed by atoms with van der Waals surface area (Å²) in [6.45, 7) is 22.1. The van der Waals surface area contributed by atoms with Gasteiger partial charge in [-0.05, 0) is 171 Å². The van der Waals surface area contributed by atoms with Crippen molar-refractivity contribution >= 4 is 17.8 Å². The molecule has 12 atom stereocenters. The largest absolute Gasteiger partial charge is 0.462 e. The van der Waals surface area contributed by atoms with Crippen LogP contribution in [0.4, 0.5) is 4.39 Å². The van der Waals surface area contributed by atoms with Crippen molar-refractivity contribution in [2.24, 2.45) is 74.4 Å². The molecule has 1 N–H and O–H groups in total. The van der Waals surface area contributed by atoms with Crippen LogP contribution in [0.25, 0.3) is 11.3 Å². The maximum absolute atomic E-state index is 15.6. The van der Waals surface area contributed by atoms with Crippen molar-refractivity contribution in [3.8, 4) is 11.3 Å². The Hall–Kier alpha value is -4.01. The molecule has 9 heteroatoms. The number of halogens is 1. The number of esters is 2. The number of unbranched alkanes of at least 4 members (excludes halogenated alkanes) is 1. The molecular weight excluding hydrogens is 850 g/mol. The van der Waals surface area contributed by atoms with E-state index >= 15 is 4.79 Å². The van der Waals surface area contributed by atoms with Crippen LogP contribution < -0.4 is 0 Å². The molecule has 0 bridgehead atoms. The predicted octanol–water partition coefficient (Wildman–Crippen LogP) is 13.7. The van der Waals surface area contributed by atoms with Gasteiger partial charge in [-0.2, -0.15) is 0 Å². The van der Waals surface area contributed by atoms with E-state index in [1.54, 1.807) is 12.1 Å². The molecule has 9 rings (SSSR count). The molecule has 2 heterocycles. The van der Waals surface area contributed by atoms with Gasteiger partial charge in [-0.3, -0.25) is 14.4 Å². The average molecular weight is 932 g/mol. The first kappa shape index (κ1) is 49.0. The molecule has 3 aromatic rings. The third-order valence-electron chi connectivity index (χ3n) is 20.9. The van der Waals surface area contributed by atoms with Gasteiger partial charge in [-0.15, -0.1) is 0 Å². The molecule has 5 saturated carbocycles. The van der Waals surface area contributed by atoms with Crippen LogP contribution >= 0.6 is 0 Å². The normalized spacial score (nSPS) is 34.6. The Bertz CT molecular complexity index is 2290. The highest BCUT2D eigenvalue weighted by molar-refractivity contribution is 5.85. The number of nitrogens with one attached hydrogen (secondary N) is 1. The average Bonchev–Trinajstić information content (AvgIpc) is 4.10. The minimum atomic E-state index is -0.535. The topological polar surface area (TPSA) is 102 Å². The maximum Gasteiger partial charge on any atom is 0.309 e. The predicted molar refractivity (Wildman–Crippen MR) is 265 cm³/mol. The van der Waals surface area contributed by atoms with Crippen LogP contribution in [0.3, 0.4) is 0 Å². The highest BCUT2D eigenvalue weighted by Crippen LogP contribution is 2.74. The summed E-state index contributed by atoms with van der Waals surface area (Å²) in [5, 5.41) is 0. The first-order valence-electron chi connectivity index (χ1n) is 26.9. The summed E-state index contributed by atoms with van der Waals surface area (Å²) in [6, 6.07) is 16.2. The summed E-state index contributed by atoms with van der Waals surface area (Å²) in [7, 11) is 0. The molecule has 1 saturated heterocycles. The van der Waals surface area contributed by atoms with Gasteiger partial charge in [0.2, 0.25) is 5.91 Å². The van der Waals surface area contributed by atoms with Gasteiger partial charge in [-0.25, -0.2) is 9.37 Å². The van der Waals surface area contributed by atoms with Crippen LogP contribution in [-0.4, -0.2) is 45.4 Å². The second-order valence-corrected chi connectivity index (χ2v) is 24.8. The van der Waals surface area contributed by atoms with Crippen LogP contribution in [0.1, 0.15) is 176 Å². The van der Waals surface area contributed by atoms with Crippen LogP contribution in [-0.2, 0) is 30.5 Å². The Morgan fingerprint density at radius 3 is 2.31 bits per heavy atom. The van der Waals surface area contributed by atoms with E-state index in [0.717, 1.165) is 99.8 Å². The van der Waals surface area contributed by atoms with E-state index in [1.807, 2.05) is 50.4 Å². The molecule has 370 valence electrons. The molecule has 68 heavy (non-hydrogen) atoms. The van der Waals surface area contributed by atoms with Gasteiger partial charge in [0.05, 0.1) is 35.2 Å². The highest BCUT2D eigenvalue weighted by Gasteiger charge is 2.69. The Balaban J connectivity index is 0.892. The van der Waals surface area contributed by atoms with Crippen LogP contribution in [0.5, 0.6) is 0 Å². The van der Waals surface area contributed by atoms with E-state index in [0.29, 0.717) is 47.8 Å². The van der Waals surface area contributed by atoms with Crippen molar-refractivity contribution in [3.05, 3.63) is 78.0 Å². The van der Waals surface area contributed by atoms with Crippen LogP contribution in [0.2, 0.25) is 0 Å². The monoisotopic (exact) mass is 932 g/mol. The Morgan fingerprint density at radius 1 is 0.868 bits per heavy atom. The first-order chi connectivity index (χ1) is 32.4. The Morgan fingerprint density at radius 2 is 1.60 bits per heavy atom. The third-order valence-corrected chi connectivity index (χ3v) is 20.9. The van der Waals surface area contributed by atoms with E-state index in [-0.39, 0.29) is 70.0 Å². The molecule has 6 fully saturated rings. The van der Waals surface area contributed by atoms with Crippen LogP contribution in [0, 0.1) is 80.2 Å². The number of ether oxygens (including phenoxy) is 2. The lowest BCUT2D eigenvalue weighted by Crippen LogP contribution is -2.63. The second kappa shape index (κ2) is 18.6. The quantitative estimate of drug-likeness (QED) is 0.162. The van der Waals surface area contributed by atoms with E-state index in [2.05, 4.69) is 58.4 Å². The number of hydrogen-bond donors (Lipinski definition) is 1. The number of nitrogens with zero attached hydrogens (tertiary/aromatic N) is 2. The van der Waals surface area contributed by atoms with Crippen molar-refractivity contribution in [1.82, 2.24) is 14.9 Å². The fourth-order valence-electron chi connectivity index (χ4n) is 16.1. The minimum Gasteiger partial charge on any atom is -0.462 e. The van der Waals surface area contributed by atoms with Crippen molar-refractivity contribution in [2.45, 2.75) is 177 Å². The van der Waals surface area contributed by atoms with Gasteiger partial charge in [-0.1, -0.05) is 105 Å². The number of likely N-dealkylation sites (tertiary alicyclic amines) is 1. The number of imidazole rings is 1. The second-order valence-electron chi connectivity index (χ2n) is 24.8. The zero-order valence-corrected chi connectivity index (χ0v) is 42.9. The number of benzene rings is 2. The number of amides is 1. The van der Waals surface area contributed by atoms with E-state index in [4.69, 9.17) is 14.5 Å². The zero-order chi connectivity index (χ0) is 48.4. The number of aromatic nitrogens is 2. The zero-order valence-electron chi connectivity index (χ0n) is 42.9. The number of carbonyl (C=O) groups excluding carboxylic acids is 3. The first-order valence-corrected chi connectivity index (χ1v) is 26.9. The number of aromatic amines is 1. The fourth-order valence-corrected chi connectivity index (χ4v) is 16.1. The van der Waals surface area contributed by atoms with E-state index in [1.165, 1.54) is 31.4 Å². The lowest BCUT2D eigenvalue weighted by molar-refractivity contribution is -0.204. The number of carbonyl (C=O) groups is 3. The lowest BCUT2D eigenvalue weighted by Gasteiger charge is -2.68. The highest BCUT2D eigenvalue weighted by atomic mass is 19.1. The molecule has 1 unspecified atom stereocenters. The van der Waals surface area contributed by atoms with Gasteiger partial charge in [0, 0.05) is 12.0 Å². The molecule has 0 radical (unpaired) electrons. The molecular formula is C59H82FN3O5. The van der Waals surface area contributed by atoms with Gasteiger partial charge >= 0.3 is 11.9 Å². The lowest BCUT2D eigenvalue weighted by atomic mass is 9.37. The summed E-state index contributed by atoms with van der Waals surface area (Å²) in [6.07, 6.45) is 16.9.